The first-order valence-corrected chi connectivity index (χ1v) is 6.95. The highest BCUT2D eigenvalue weighted by atomic mass is 16.5. The molecular weight excluding hydrogens is 270 g/mol. The van der Waals surface area contributed by atoms with E-state index in [4.69, 9.17) is 25.4 Å². The Morgan fingerprint density at radius 2 is 1.62 bits per heavy atom. The van der Waals surface area contributed by atoms with Gasteiger partial charge in [0, 0.05) is 32.0 Å². The fourth-order valence-electron chi connectivity index (χ4n) is 1.69. The van der Waals surface area contributed by atoms with Gasteiger partial charge in [-0.05, 0) is 24.3 Å². The Morgan fingerprint density at radius 3 is 2.19 bits per heavy atom. The second-order valence-electron chi connectivity index (χ2n) is 4.60. The number of ether oxygens (including phenoxy) is 3. The largest absolute Gasteiger partial charge is 0.384 e. The number of amidine groups is 1. The van der Waals surface area contributed by atoms with Gasteiger partial charge in [0.05, 0.1) is 33.0 Å². The minimum Gasteiger partial charge on any atom is -0.384 e. The molecule has 0 bridgehead atoms. The standard InChI is InChI=1S/C15H25N3O3/c1-18(7-8-20-11-12-21-10-9-19-2)14-5-3-13(4-6-14)15(16)17/h3-6H,7-12H2,1-2H3,(H3,16,17). The lowest BCUT2D eigenvalue weighted by Crippen LogP contribution is -2.23. The normalized spacial score (nSPS) is 10.6. The lowest BCUT2D eigenvalue weighted by molar-refractivity contribution is 0.0266. The van der Waals surface area contributed by atoms with Crippen molar-refractivity contribution in [2.24, 2.45) is 5.73 Å². The van der Waals surface area contributed by atoms with Crippen LogP contribution in [0.4, 0.5) is 5.69 Å². The van der Waals surface area contributed by atoms with E-state index in [0.29, 0.717) is 33.0 Å². The van der Waals surface area contributed by atoms with Crippen LogP contribution in [0.5, 0.6) is 0 Å². The minimum absolute atomic E-state index is 0.0843. The van der Waals surface area contributed by atoms with Gasteiger partial charge in [-0.3, -0.25) is 5.41 Å². The molecule has 0 aliphatic carbocycles. The molecule has 0 spiro atoms. The van der Waals surface area contributed by atoms with E-state index in [1.807, 2.05) is 31.3 Å². The summed E-state index contributed by atoms with van der Waals surface area (Å²) < 4.78 is 15.7. The van der Waals surface area contributed by atoms with Crippen molar-refractivity contribution in [3.63, 3.8) is 0 Å². The molecule has 6 heteroatoms. The number of nitrogens with two attached hydrogens (primary N) is 1. The third-order valence-electron chi connectivity index (χ3n) is 2.99. The van der Waals surface area contributed by atoms with Gasteiger partial charge < -0.3 is 24.8 Å². The van der Waals surface area contributed by atoms with Gasteiger partial charge in [-0.15, -0.1) is 0 Å². The smallest absolute Gasteiger partial charge is 0.122 e. The van der Waals surface area contributed by atoms with Gasteiger partial charge in [0.15, 0.2) is 0 Å². The lowest BCUT2D eigenvalue weighted by atomic mass is 10.2. The number of nitrogens with one attached hydrogen (secondary N) is 1. The monoisotopic (exact) mass is 295 g/mol. The van der Waals surface area contributed by atoms with Crippen LogP contribution in [0, 0.1) is 5.41 Å². The second kappa shape index (κ2) is 10.1. The number of hydrogen-bond acceptors (Lipinski definition) is 5. The van der Waals surface area contributed by atoms with Gasteiger partial charge >= 0.3 is 0 Å². The predicted molar refractivity (Wildman–Crippen MR) is 84.2 cm³/mol. The quantitative estimate of drug-likeness (QED) is 0.363. The first kappa shape index (κ1) is 17.4. The molecule has 0 saturated carbocycles. The van der Waals surface area contributed by atoms with Crippen LogP contribution in [-0.2, 0) is 14.2 Å². The predicted octanol–water partition coefficient (Wildman–Crippen LogP) is 1.09. The maximum absolute atomic E-state index is 7.36. The summed E-state index contributed by atoms with van der Waals surface area (Å²) in [5.74, 6) is 0.0843. The Bertz CT molecular complexity index is 409. The van der Waals surface area contributed by atoms with Crippen LogP contribution >= 0.6 is 0 Å². The van der Waals surface area contributed by atoms with Crippen molar-refractivity contribution < 1.29 is 14.2 Å². The Labute approximate surface area is 126 Å². The Hall–Kier alpha value is -1.63. The lowest BCUT2D eigenvalue weighted by Gasteiger charge is -2.19. The third-order valence-corrected chi connectivity index (χ3v) is 2.99. The summed E-state index contributed by atoms with van der Waals surface area (Å²) in [6.07, 6.45) is 0. The van der Waals surface area contributed by atoms with Gasteiger partial charge in [-0.1, -0.05) is 0 Å². The van der Waals surface area contributed by atoms with E-state index in [2.05, 4.69) is 4.90 Å². The van der Waals surface area contributed by atoms with Crippen LogP contribution in [0.3, 0.4) is 0 Å². The van der Waals surface area contributed by atoms with E-state index in [0.717, 1.165) is 17.8 Å². The highest BCUT2D eigenvalue weighted by molar-refractivity contribution is 5.95. The fourth-order valence-corrected chi connectivity index (χ4v) is 1.69. The average Bonchev–Trinajstić information content (AvgIpc) is 2.49. The molecule has 1 rings (SSSR count). The van der Waals surface area contributed by atoms with Crippen molar-refractivity contribution in [2.45, 2.75) is 0 Å². The number of nitrogen functional groups attached to an aromatic ring is 1. The number of rotatable bonds is 11. The summed E-state index contributed by atoms with van der Waals surface area (Å²) in [6.45, 7) is 3.80. The number of anilines is 1. The van der Waals surface area contributed by atoms with Gasteiger partial charge in [-0.25, -0.2) is 0 Å². The molecule has 0 aromatic heterocycles. The second-order valence-corrected chi connectivity index (χ2v) is 4.60. The summed E-state index contributed by atoms with van der Waals surface area (Å²) in [5.41, 5.74) is 7.23. The van der Waals surface area contributed by atoms with E-state index in [-0.39, 0.29) is 5.84 Å². The molecule has 0 atom stereocenters. The molecule has 0 aliphatic heterocycles. The molecule has 0 saturated heterocycles. The molecule has 6 nitrogen and oxygen atoms in total. The van der Waals surface area contributed by atoms with Crippen molar-refractivity contribution in [1.82, 2.24) is 0 Å². The first-order valence-electron chi connectivity index (χ1n) is 6.95. The molecule has 0 amide bonds. The molecule has 118 valence electrons. The van der Waals surface area contributed by atoms with E-state index < -0.39 is 0 Å². The SMILES string of the molecule is COCCOCCOCCN(C)c1ccc(C(=N)N)cc1. The molecule has 0 unspecified atom stereocenters. The summed E-state index contributed by atoms with van der Waals surface area (Å²) in [5, 5.41) is 7.36. The van der Waals surface area contributed by atoms with E-state index in [1.54, 1.807) is 7.11 Å². The zero-order valence-electron chi connectivity index (χ0n) is 12.8. The highest BCUT2D eigenvalue weighted by Crippen LogP contribution is 2.13. The van der Waals surface area contributed by atoms with Crippen molar-refractivity contribution >= 4 is 11.5 Å². The molecule has 3 N–H and O–H groups in total. The Kier molecular flexibility index (Phi) is 8.42. The average molecular weight is 295 g/mol. The molecule has 1 aromatic carbocycles. The Balaban J connectivity index is 2.15. The minimum atomic E-state index is 0.0843. The van der Waals surface area contributed by atoms with Gasteiger partial charge in [0.2, 0.25) is 0 Å². The maximum atomic E-state index is 7.36. The number of hydrogen-bond donors (Lipinski definition) is 2. The summed E-state index contributed by atoms with van der Waals surface area (Å²) in [6, 6.07) is 7.59. The van der Waals surface area contributed by atoms with Gasteiger partial charge in [0.25, 0.3) is 0 Å². The molecule has 1 aromatic rings. The molecule has 21 heavy (non-hydrogen) atoms. The highest BCUT2D eigenvalue weighted by Gasteiger charge is 2.02. The van der Waals surface area contributed by atoms with E-state index in [1.165, 1.54) is 0 Å². The third kappa shape index (κ3) is 7.08. The molecule has 0 heterocycles. The number of likely N-dealkylation sites (N-methyl/N-ethyl adjacent to an activating group) is 1. The summed E-state index contributed by atoms with van der Waals surface area (Å²) >= 11 is 0. The number of methoxy groups -OCH3 is 1. The summed E-state index contributed by atoms with van der Waals surface area (Å²) in [4.78, 5) is 2.09. The van der Waals surface area contributed by atoms with Crippen LogP contribution < -0.4 is 10.6 Å². The van der Waals surface area contributed by atoms with Crippen molar-refractivity contribution in [2.75, 3.05) is 58.6 Å². The van der Waals surface area contributed by atoms with E-state index in [9.17, 15) is 0 Å². The zero-order valence-corrected chi connectivity index (χ0v) is 12.8. The van der Waals surface area contributed by atoms with Crippen LogP contribution in [0.1, 0.15) is 5.56 Å². The molecule has 0 fully saturated rings. The van der Waals surface area contributed by atoms with Crippen molar-refractivity contribution in [1.29, 1.82) is 5.41 Å². The van der Waals surface area contributed by atoms with Crippen molar-refractivity contribution in [3.05, 3.63) is 29.8 Å². The number of nitrogens with zero attached hydrogens (tertiary/aromatic N) is 1. The molecular formula is C15H25N3O3. The zero-order chi connectivity index (χ0) is 15.5. The van der Waals surface area contributed by atoms with E-state index >= 15 is 0 Å². The topological polar surface area (TPSA) is 80.8 Å². The fraction of sp³-hybridized carbons (Fsp3) is 0.533. The van der Waals surface area contributed by atoms with Crippen LogP contribution in [0.15, 0.2) is 24.3 Å². The van der Waals surface area contributed by atoms with Gasteiger partial charge in [-0.2, -0.15) is 0 Å². The summed E-state index contributed by atoms with van der Waals surface area (Å²) in [7, 11) is 3.65. The van der Waals surface area contributed by atoms with Crippen LogP contribution in [0.25, 0.3) is 0 Å². The molecule has 0 radical (unpaired) electrons. The van der Waals surface area contributed by atoms with Gasteiger partial charge in [0.1, 0.15) is 5.84 Å². The van der Waals surface area contributed by atoms with Crippen LogP contribution in [0.2, 0.25) is 0 Å². The molecule has 0 aliphatic rings. The van der Waals surface area contributed by atoms with Crippen molar-refractivity contribution in [3.8, 4) is 0 Å². The van der Waals surface area contributed by atoms with Crippen LogP contribution in [-0.4, -0.2) is 59.6 Å². The maximum Gasteiger partial charge on any atom is 0.122 e. The number of benzene rings is 1. The Morgan fingerprint density at radius 1 is 1.05 bits per heavy atom. The first-order chi connectivity index (χ1) is 10.1.